The molecular formula is C9H13ClN2O2S. The van der Waals surface area contributed by atoms with Crippen LogP contribution in [0.1, 0.15) is 11.4 Å². The van der Waals surface area contributed by atoms with Crippen LogP contribution >= 0.6 is 23.4 Å². The number of aliphatic hydroxyl groups is 2. The fraction of sp³-hybridized carbons (Fsp3) is 0.556. The first kappa shape index (κ1) is 12.7. The second-order valence-corrected chi connectivity index (χ2v) is 4.51. The number of nitrogens with zero attached hydrogens (tertiary/aromatic N) is 2. The topological polar surface area (TPSA) is 66.2 Å². The van der Waals surface area contributed by atoms with Crippen LogP contribution in [0.5, 0.6) is 0 Å². The molecule has 0 spiro atoms. The van der Waals surface area contributed by atoms with E-state index in [1.807, 2.05) is 6.92 Å². The molecule has 84 valence electrons. The number of hydrogen-bond acceptors (Lipinski definition) is 5. The van der Waals surface area contributed by atoms with Crippen molar-refractivity contribution in [2.45, 2.75) is 25.0 Å². The Morgan fingerprint density at radius 1 is 1.40 bits per heavy atom. The van der Waals surface area contributed by atoms with Gasteiger partial charge in [0.25, 0.3) is 0 Å². The maximum Gasteiger partial charge on any atom is 0.136 e. The fourth-order valence-corrected chi connectivity index (χ4v) is 2.17. The molecule has 0 saturated carbocycles. The molecule has 4 nitrogen and oxygen atoms in total. The molecule has 0 fully saturated rings. The van der Waals surface area contributed by atoms with Gasteiger partial charge in [0.1, 0.15) is 16.0 Å². The van der Waals surface area contributed by atoms with Gasteiger partial charge in [0.05, 0.1) is 12.7 Å². The number of aromatic nitrogens is 2. The van der Waals surface area contributed by atoms with Crippen LogP contribution in [0.4, 0.5) is 0 Å². The van der Waals surface area contributed by atoms with E-state index < -0.39 is 6.10 Å². The highest BCUT2D eigenvalue weighted by Crippen LogP contribution is 2.25. The fourth-order valence-electron chi connectivity index (χ4n) is 0.938. The molecule has 0 amide bonds. The molecule has 1 aromatic rings. The molecule has 1 aromatic heterocycles. The van der Waals surface area contributed by atoms with Gasteiger partial charge in [-0.2, -0.15) is 0 Å². The Morgan fingerprint density at radius 2 is 2.07 bits per heavy atom. The molecule has 1 unspecified atom stereocenters. The maximum absolute atomic E-state index is 9.20. The van der Waals surface area contributed by atoms with Crippen LogP contribution in [0.25, 0.3) is 0 Å². The summed E-state index contributed by atoms with van der Waals surface area (Å²) >= 11 is 7.25. The summed E-state index contributed by atoms with van der Waals surface area (Å²) in [5.41, 5.74) is 0.803. The Labute approximate surface area is 97.7 Å². The molecule has 1 heterocycles. The van der Waals surface area contributed by atoms with Crippen molar-refractivity contribution in [1.29, 1.82) is 0 Å². The molecular weight excluding hydrogens is 236 g/mol. The summed E-state index contributed by atoms with van der Waals surface area (Å²) < 4.78 is 0. The average Bonchev–Trinajstić information content (AvgIpc) is 2.20. The van der Waals surface area contributed by atoms with Gasteiger partial charge in [0.15, 0.2) is 0 Å². The zero-order valence-corrected chi connectivity index (χ0v) is 10.1. The van der Waals surface area contributed by atoms with Crippen LogP contribution in [0, 0.1) is 13.8 Å². The third-order valence-corrected chi connectivity index (χ3v) is 3.37. The Morgan fingerprint density at radius 3 is 2.67 bits per heavy atom. The second-order valence-electron chi connectivity index (χ2n) is 3.14. The predicted octanol–water partition coefficient (Wildman–Crippen LogP) is 1.19. The Kier molecular flexibility index (Phi) is 4.79. The van der Waals surface area contributed by atoms with Crippen molar-refractivity contribution in [3.05, 3.63) is 16.5 Å². The van der Waals surface area contributed by atoms with Crippen molar-refractivity contribution in [3.63, 3.8) is 0 Å². The number of aryl methyl sites for hydroxylation is 1. The van der Waals surface area contributed by atoms with Gasteiger partial charge in [-0.1, -0.05) is 11.6 Å². The molecule has 1 rings (SSSR count). The molecule has 0 saturated heterocycles. The number of rotatable bonds is 4. The molecule has 0 aromatic carbocycles. The van der Waals surface area contributed by atoms with Crippen molar-refractivity contribution in [1.82, 2.24) is 9.97 Å². The third kappa shape index (κ3) is 3.61. The Balaban J connectivity index is 2.76. The summed E-state index contributed by atoms with van der Waals surface area (Å²) in [6.45, 7) is 3.34. The minimum Gasteiger partial charge on any atom is -0.394 e. The maximum atomic E-state index is 9.20. The average molecular weight is 249 g/mol. The molecule has 15 heavy (non-hydrogen) atoms. The van der Waals surface area contributed by atoms with E-state index in [0.717, 1.165) is 10.6 Å². The quantitative estimate of drug-likeness (QED) is 0.619. The zero-order chi connectivity index (χ0) is 11.4. The van der Waals surface area contributed by atoms with E-state index in [2.05, 4.69) is 9.97 Å². The Bertz CT molecular complexity index is 349. The predicted molar refractivity (Wildman–Crippen MR) is 60.3 cm³/mol. The monoisotopic (exact) mass is 248 g/mol. The molecule has 0 bridgehead atoms. The number of thioether (sulfide) groups is 1. The van der Waals surface area contributed by atoms with Crippen LogP contribution < -0.4 is 0 Å². The van der Waals surface area contributed by atoms with Crippen LogP contribution in [0.3, 0.4) is 0 Å². The molecule has 6 heteroatoms. The van der Waals surface area contributed by atoms with E-state index in [1.165, 1.54) is 11.8 Å². The smallest absolute Gasteiger partial charge is 0.136 e. The lowest BCUT2D eigenvalue weighted by Crippen LogP contribution is -2.15. The largest absolute Gasteiger partial charge is 0.394 e. The van der Waals surface area contributed by atoms with Gasteiger partial charge in [-0.3, -0.25) is 0 Å². The van der Waals surface area contributed by atoms with Crippen molar-refractivity contribution < 1.29 is 10.2 Å². The third-order valence-electron chi connectivity index (χ3n) is 1.78. The van der Waals surface area contributed by atoms with Crippen molar-refractivity contribution in [2.75, 3.05) is 12.4 Å². The van der Waals surface area contributed by atoms with Gasteiger partial charge < -0.3 is 10.2 Å². The highest BCUT2D eigenvalue weighted by Gasteiger charge is 2.10. The summed E-state index contributed by atoms with van der Waals surface area (Å²) in [5, 5.41) is 19.1. The summed E-state index contributed by atoms with van der Waals surface area (Å²) in [7, 11) is 0. The standard InChI is InChI=1S/C9H13ClN2O2S/c1-5-8(10)11-6(2)12-9(5)15-4-7(14)3-13/h7,13-14H,3-4H2,1-2H3. The molecule has 0 aliphatic heterocycles. The molecule has 0 radical (unpaired) electrons. The first-order chi connectivity index (χ1) is 7.04. The highest BCUT2D eigenvalue weighted by atomic mass is 35.5. The summed E-state index contributed by atoms with van der Waals surface area (Å²) in [6, 6.07) is 0. The van der Waals surface area contributed by atoms with Crippen molar-refractivity contribution >= 4 is 23.4 Å². The van der Waals surface area contributed by atoms with Crippen LogP contribution in [-0.2, 0) is 0 Å². The summed E-state index contributed by atoms with van der Waals surface area (Å²) in [6.07, 6.45) is -0.733. The van der Waals surface area contributed by atoms with Gasteiger partial charge in [-0.15, -0.1) is 11.8 Å². The zero-order valence-electron chi connectivity index (χ0n) is 8.57. The van der Waals surface area contributed by atoms with Gasteiger partial charge in [0, 0.05) is 11.3 Å². The second kappa shape index (κ2) is 5.65. The van der Waals surface area contributed by atoms with Crippen LogP contribution in [-0.4, -0.2) is 38.6 Å². The van der Waals surface area contributed by atoms with Gasteiger partial charge in [0.2, 0.25) is 0 Å². The van der Waals surface area contributed by atoms with E-state index in [-0.39, 0.29) is 6.61 Å². The van der Waals surface area contributed by atoms with Crippen molar-refractivity contribution in [2.24, 2.45) is 0 Å². The van der Waals surface area contributed by atoms with Gasteiger partial charge in [-0.05, 0) is 13.8 Å². The summed E-state index contributed by atoms with van der Waals surface area (Å²) in [4.78, 5) is 8.22. The van der Waals surface area contributed by atoms with E-state index in [1.54, 1.807) is 6.92 Å². The number of hydrogen-bond donors (Lipinski definition) is 2. The van der Waals surface area contributed by atoms with Gasteiger partial charge in [-0.25, -0.2) is 9.97 Å². The number of aliphatic hydroxyl groups excluding tert-OH is 2. The lowest BCUT2D eigenvalue weighted by molar-refractivity contribution is 0.113. The van der Waals surface area contributed by atoms with Crippen LogP contribution in [0.15, 0.2) is 5.03 Å². The van der Waals surface area contributed by atoms with E-state index in [4.69, 9.17) is 16.7 Å². The molecule has 2 N–H and O–H groups in total. The van der Waals surface area contributed by atoms with E-state index in [0.29, 0.717) is 16.7 Å². The lowest BCUT2D eigenvalue weighted by atomic mass is 10.4. The minimum atomic E-state index is -0.733. The molecule has 0 aliphatic carbocycles. The SMILES string of the molecule is Cc1nc(Cl)c(C)c(SCC(O)CO)n1. The summed E-state index contributed by atoms with van der Waals surface area (Å²) in [5.74, 6) is 0.996. The lowest BCUT2D eigenvalue weighted by Gasteiger charge is -2.09. The minimum absolute atomic E-state index is 0.246. The van der Waals surface area contributed by atoms with E-state index in [9.17, 15) is 5.11 Å². The first-order valence-electron chi connectivity index (χ1n) is 4.47. The van der Waals surface area contributed by atoms with Crippen LogP contribution in [0.2, 0.25) is 5.15 Å². The first-order valence-corrected chi connectivity index (χ1v) is 5.83. The highest BCUT2D eigenvalue weighted by molar-refractivity contribution is 7.99. The van der Waals surface area contributed by atoms with Gasteiger partial charge >= 0.3 is 0 Å². The molecule has 1 atom stereocenters. The molecule has 0 aliphatic rings. The van der Waals surface area contributed by atoms with E-state index >= 15 is 0 Å². The van der Waals surface area contributed by atoms with Crippen molar-refractivity contribution in [3.8, 4) is 0 Å². The Hall–Kier alpha value is -0.360. The number of halogens is 1. The normalized spacial score (nSPS) is 12.9.